The maximum atomic E-state index is 11.8. The Morgan fingerprint density at radius 3 is 2.27 bits per heavy atom. The molecule has 0 saturated heterocycles. The van der Waals surface area contributed by atoms with Gasteiger partial charge in [0.2, 0.25) is 0 Å². The second-order valence-corrected chi connectivity index (χ2v) is 7.61. The quantitative estimate of drug-likeness (QED) is 0.401. The van der Waals surface area contributed by atoms with E-state index >= 15 is 0 Å². The fourth-order valence-corrected chi connectivity index (χ4v) is 3.49. The highest BCUT2D eigenvalue weighted by molar-refractivity contribution is 5.43. The maximum absolute atomic E-state index is 11.8. The highest BCUT2D eigenvalue weighted by atomic mass is 16.3. The molecule has 2 aromatic carbocycles. The van der Waals surface area contributed by atoms with Gasteiger partial charge in [-0.2, -0.15) is 0 Å². The van der Waals surface area contributed by atoms with E-state index in [9.17, 15) is 5.11 Å². The number of aromatic nitrogens is 3. The van der Waals surface area contributed by atoms with E-state index in [0.717, 1.165) is 55.3 Å². The molecule has 1 N–H and O–H groups in total. The molecule has 1 atom stereocenters. The van der Waals surface area contributed by atoms with Gasteiger partial charge in [-0.1, -0.05) is 104 Å². The maximum Gasteiger partial charge on any atom is 0.197 e. The highest BCUT2D eigenvalue weighted by Gasteiger charge is 2.36. The van der Waals surface area contributed by atoms with Crippen molar-refractivity contribution in [1.29, 1.82) is 0 Å². The molecule has 3 aromatic rings. The lowest BCUT2D eigenvalue weighted by atomic mass is 9.88. The van der Waals surface area contributed by atoms with Gasteiger partial charge in [0, 0.05) is 12.0 Å². The fourth-order valence-electron chi connectivity index (χ4n) is 3.49. The van der Waals surface area contributed by atoms with E-state index in [1.54, 1.807) is 0 Å². The summed E-state index contributed by atoms with van der Waals surface area (Å²) in [7, 11) is 0. The predicted molar refractivity (Wildman–Crippen MR) is 121 cm³/mol. The van der Waals surface area contributed by atoms with E-state index in [-0.39, 0.29) is 0 Å². The van der Waals surface area contributed by atoms with Crippen LogP contribution in [0.3, 0.4) is 0 Å². The Morgan fingerprint density at radius 2 is 1.60 bits per heavy atom. The molecule has 0 fully saturated rings. The summed E-state index contributed by atoms with van der Waals surface area (Å²) in [5.41, 5.74) is 1.94. The van der Waals surface area contributed by atoms with Crippen LogP contribution in [0.25, 0.3) is 0 Å². The Hall–Kier alpha value is -2.90. The average Bonchev–Trinajstić information content (AvgIpc) is 3.19. The van der Waals surface area contributed by atoms with Gasteiger partial charge in [-0.15, -0.1) is 5.10 Å². The predicted octanol–water partition coefficient (Wildman–Crippen LogP) is 5.10. The van der Waals surface area contributed by atoms with Gasteiger partial charge < -0.3 is 5.11 Å². The lowest BCUT2D eigenvalue weighted by Gasteiger charge is -2.22. The highest BCUT2D eigenvalue weighted by Crippen LogP contribution is 2.31. The normalized spacial score (nSPS) is 12.8. The van der Waals surface area contributed by atoms with Gasteiger partial charge in [0.25, 0.3) is 0 Å². The summed E-state index contributed by atoms with van der Waals surface area (Å²) < 4.78 is 1.92. The lowest BCUT2D eigenvalue weighted by Crippen LogP contribution is -2.28. The first-order chi connectivity index (χ1) is 14.7. The van der Waals surface area contributed by atoms with Crippen molar-refractivity contribution in [3.05, 3.63) is 83.2 Å². The van der Waals surface area contributed by atoms with Crippen LogP contribution in [-0.2, 0) is 18.6 Å². The largest absolute Gasteiger partial charge is 0.368 e. The smallest absolute Gasteiger partial charge is 0.197 e. The van der Waals surface area contributed by atoms with Crippen molar-refractivity contribution in [3.8, 4) is 11.8 Å². The van der Waals surface area contributed by atoms with E-state index in [0.29, 0.717) is 12.2 Å². The number of unbranched alkanes of at least 4 members (excludes halogenated alkanes) is 3. The van der Waals surface area contributed by atoms with Crippen LogP contribution in [0.4, 0.5) is 0 Å². The van der Waals surface area contributed by atoms with Crippen LogP contribution in [0.2, 0.25) is 0 Å². The molecule has 1 heterocycles. The van der Waals surface area contributed by atoms with Crippen LogP contribution in [0, 0.1) is 11.8 Å². The Bertz CT molecular complexity index is 970. The third kappa shape index (κ3) is 5.17. The van der Waals surface area contributed by atoms with Crippen LogP contribution in [0.15, 0.2) is 60.7 Å². The first-order valence-corrected chi connectivity index (χ1v) is 10.9. The lowest BCUT2D eigenvalue weighted by molar-refractivity contribution is 0.139. The topological polar surface area (TPSA) is 50.9 Å². The Kier molecular flexibility index (Phi) is 7.82. The van der Waals surface area contributed by atoms with Crippen LogP contribution in [0.1, 0.15) is 68.5 Å². The molecule has 0 saturated carbocycles. The minimum atomic E-state index is -1.47. The Balaban J connectivity index is 2.06. The molecule has 3 rings (SSSR count). The minimum absolute atomic E-state index is 0.557. The van der Waals surface area contributed by atoms with Gasteiger partial charge in [-0.05, 0) is 24.8 Å². The van der Waals surface area contributed by atoms with E-state index in [4.69, 9.17) is 0 Å². The summed E-state index contributed by atoms with van der Waals surface area (Å²) in [6, 6.07) is 19.8. The van der Waals surface area contributed by atoms with Crippen LogP contribution in [-0.4, -0.2) is 20.1 Å². The first kappa shape index (κ1) is 21.8. The van der Waals surface area contributed by atoms with Crippen LogP contribution >= 0.6 is 0 Å². The summed E-state index contributed by atoms with van der Waals surface area (Å²) in [4.78, 5) is 0. The summed E-state index contributed by atoms with van der Waals surface area (Å²) in [5.74, 6) is 6.34. The molecule has 0 spiro atoms. The third-order valence-electron chi connectivity index (χ3n) is 5.24. The van der Waals surface area contributed by atoms with E-state index in [1.807, 2.05) is 53.2 Å². The molecule has 0 aliphatic heterocycles. The van der Waals surface area contributed by atoms with Gasteiger partial charge in [0.05, 0.1) is 12.2 Å². The number of rotatable bonds is 9. The Labute approximate surface area is 180 Å². The zero-order valence-electron chi connectivity index (χ0n) is 18.0. The standard InChI is InChI=1S/C26H31N3O/c1-3-5-7-14-20-26(30,23-17-12-9-13-18-23)25-24(19-6-4-2)29(28-27-25)21-22-15-10-8-11-16-22/h8-13,15-18,30H,3-7,19,21H2,1-2H3. The summed E-state index contributed by atoms with van der Waals surface area (Å²) in [6.07, 6.45) is 5.71. The molecule has 0 amide bonds. The molecule has 30 heavy (non-hydrogen) atoms. The van der Waals surface area contributed by atoms with Gasteiger partial charge in [-0.25, -0.2) is 4.68 Å². The molecule has 0 radical (unpaired) electrons. The van der Waals surface area contributed by atoms with E-state index in [2.05, 4.69) is 48.1 Å². The summed E-state index contributed by atoms with van der Waals surface area (Å²) in [6.45, 7) is 4.93. The number of nitrogens with zero attached hydrogens (tertiary/aromatic N) is 3. The number of hydrogen-bond donors (Lipinski definition) is 1. The van der Waals surface area contributed by atoms with E-state index < -0.39 is 5.60 Å². The number of benzene rings is 2. The molecule has 4 nitrogen and oxygen atoms in total. The second-order valence-electron chi connectivity index (χ2n) is 7.61. The average molecular weight is 402 g/mol. The van der Waals surface area contributed by atoms with Gasteiger partial charge in [-0.3, -0.25) is 0 Å². The second kappa shape index (κ2) is 10.8. The van der Waals surface area contributed by atoms with Crippen molar-refractivity contribution >= 4 is 0 Å². The molecule has 0 aliphatic rings. The summed E-state index contributed by atoms with van der Waals surface area (Å²) >= 11 is 0. The zero-order chi connectivity index (χ0) is 21.2. The van der Waals surface area contributed by atoms with Crippen molar-refractivity contribution in [1.82, 2.24) is 15.0 Å². The van der Waals surface area contributed by atoms with Crippen molar-refractivity contribution in [2.75, 3.05) is 0 Å². The molecule has 0 bridgehead atoms. The van der Waals surface area contributed by atoms with Crippen molar-refractivity contribution in [3.63, 3.8) is 0 Å². The number of aliphatic hydroxyl groups is 1. The third-order valence-corrected chi connectivity index (χ3v) is 5.24. The molecular weight excluding hydrogens is 370 g/mol. The SMILES string of the molecule is CCCCC#CC(O)(c1ccccc1)c1nnn(Cc2ccccc2)c1CCCC. The van der Waals surface area contributed by atoms with Gasteiger partial charge in [0.15, 0.2) is 5.60 Å². The minimum Gasteiger partial charge on any atom is -0.368 e. The molecule has 1 unspecified atom stereocenters. The zero-order valence-corrected chi connectivity index (χ0v) is 18.0. The monoisotopic (exact) mass is 401 g/mol. The summed E-state index contributed by atoms with van der Waals surface area (Å²) in [5, 5.41) is 20.7. The van der Waals surface area contributed by atoms with Gasteiger partial charge >= 0.3 is 0 Å². The Morgan fingerprint density at radius 1 is 0.933 bits per heavy atom. The molecular formula is C26H31N3O. The molecule has 0 aliphatic carbocycles. The first-order valence-electron chi connectivity index (χ1n) is 10.9. The van der Waals surface area contributed by atoms with Crippen LogP contribution in [0.5, 0.6) is 0 Å². The fraction of sp³-hybridized carbons (Fsp3) is 0.385. The van der Waals surface area contributed by atoms with Crippen molar-refractivity contribution in [2.24, 2.45) is 0 Å². The molecule has 156 valence electrons. The van der Waals surface area contributed by atoms with Crippen molar-refractivity contribution in [2.45, 2.75) is 64.5 Å². The number of hydrogen-bond acceptors (Lipinski definition) is 3. The van der Waals surface area contributed by atoms with E-state index in [1.165, 1.54) is 0 Å². The van der Waals surface area contributed by atoms with Crippen LogP contribution < -0.4 is 0 Å². The van der Waals surface area contributed by atoms with Crippen molar-refractivity contribution < 1.29 is 5.11 Å². The van der Waals surface area contributed by atoms with Gasteiger partial charge in [0.1, 0.15) is 5.69 Å². The molecule has 4 heteroatoms. The molecule has 1 aromatic heterocycles.